The maximum absolute atomic E-state index is 12.2. The molecular weight excluding hydrogens is 314 g/mol. The summed E-state index contributed by atoms with van der Waals surface area (Å²) in [6.07, 6.45) is 1.65. The molecule has 2 rings (SSSR count). The van der Waals surface area contributed by atoms with Gasteiger partial charge >= 0.3 is 5.97 Å². The number of benzene rings is 2. The summed E-state index contributed by atoms with van der Waals surface area (Å²) in [6.45, 7) is 7.64. The van der Waals surface area contributed by atoms with Crippen LogP contribution in [0.5, 0.6) is 0 Å². The van der Waals surface area contributed by atoms with E-state index in [1.54, 1.807) is 12.1 Å². The lowest BCUT2D eigenvalue weighted by Gasteiger charge is -2.14. The number of nitrogens with one attached hydrogen (secondary N) is 1. The van der Waals surface area contributed by atoms with Crippen LogP contribution in [-0.4, -0.2) is 18.5 Å². The number of ether oxygens (including phenoxy) is 1. The summed E-state index contributed by atoms with van der Waals surface area (Å²) in [7, 11) is 0. The zero-order valence-corrected chi connectivity index (χ0v) is 15.3. The van der Waals surface area contributed by atoms with Crippen LogP contribution in [0.2, 0.25) is 0 Å². The van der Waals surface area contributed by atoms with E-state index in [2.05, 4.69) is 5.32 Å². The van der Waals surface area contributed by atoms with Gasteiger partial charge < -0.3 is 10.1 Å². The number of carbonyl (C=O) groups excluding carboxylic acids is 2. The summed E-state index contributed by atoms with van der Waals surface area (Å²) < 4.78 is 5.17. The van der Waals surface area contributed by atoms with Gasteiger partial charge in [-0.05, 0) is 49.9 Å². The average molecular weight is 339 g/mol. The second-order valence-electron chi connectivity index (χ2n) is 6.16. The van der Waals surface area contributed by atoms with Crippen LogP contribution < -0.4 is 5.32 Å². The van der Waals surface area contributed by atoms with Crippen LogP contribution in [0.1, 0.15) is 46.5 Å². The molecule has 0 aliphatic carbocycles. The van der Waals surface area contributed by atoms with Gasteiger partial charge in [0.25, 0.3) is 5.91 Å². The zero-order valence-electron chi connectivity index (χ0n) is 15.3. The number of rotatable bonds is 6. The van der Waals surface area contributed by atoms with E-state index >= 15 is 0 Å². The van der Waals surface area contributed by atoms with Crippen molar-refractivity contribution in [1.29, 1.82) is 0 Å². The summed E-state index contributed by atoms with van der Waals surface area (Å²) in [5.41, 5.74) is 5.43. The van der Waals surface area contributed by atoms with Crippen molar-refractivity contribution in [2.45, 2.75) is 40.5 Å². The fourth-order valence-electron chi connectivity index (χ4n) is 2.89. The number of esters is 1. The minimum atomic E-state index is -0.485. The van der Waals surface area contributed by atoms with E-state index in [9.17, 15) is 9.59 Å². The maximum Gasteiger partial charge on any atom is 0.338 e. The van der Waals surface area contributed by atoms with Gasteiger partial charge in [-0.25, -0.2) is 4.79 Å². The first-order valence-electron chi connectivity index (χ1n) is 8.60. The standard InChI is InChI=1S/C21H25NO3/c1-5-16-8-7-9-17(6-2)20(16)22-19(23)13-25-21(24)18-11-14(3)10-15(4)12-18/h7-12H,5-6,13H2,1-4H3,(H,22,23). The van der Waals surface area contributed by atoms with E-state index in [0.717, 1.165) is 40.8 Å². The highest BCUT2D eigenvalue weighted by molar-refractivity contribution is 5.96. The van der Waals surface area contributed by atoms with Crippen LogP contribution in [0.15, 0.2) is 36.4 Å². The molecule has 1 N–H and O–H groups in total. The largest absolute Gasteiger partial charge is 0.452 e. The van der Waals surface area contributed by atoms with Crippen LogP contribution in [0.4, 0.5) is 5.69 Å². The van der Waals surface area contributed by atoms with Crippen LogP contribution in [-0.2, 0) is 22.4 Å². The van der Waals surface area contributed by atoms with Gasteiger partial charge in [-0.1, -0.05) is 49.2 Å². The van der Waals surface area contributed by atoms with Crippen LogP contribution >= 0.6 is 0 Å². The van der Waals surface area contributed by atoms with Gasteiger partial charge in [0.15, 0.2) is 6.61 Å². The third-order valence-corrected chi connectivity index (χ3v) is 4.06. The molecule has 4 nitrogen and oxygen atoms in total. The molecule has 0 atom stereocenters. The SMILES string of the molecule is CCc1cccc(CC)c1NC(=O)COC(=O)c1cc(C)cc(C)c1. The summed E-state index contributed by atoms with van der Waals surface area (Å²) in [5, 5.41) is 2.89. The van der Waals surface area contributed by atoms with E-state index in [1.807, 2.05) is 52.0 Å². The molecule has 0 saturated heterocycles. The second-order valence-corrected chi connectivity index (χ2v) is 6.16. The summed E-state index contributed by atoms with van der Waals surface area (Å²) in [6, 6.07) is 11.5. The Labute approximate surface area is 149 Å². The number of para-hydroxylation sites is 1. The Balaban J connectivity index is 2.03. The quantitative estimate of drug-likeness (QED) is 0.802. The molecule has 0 bridgehead atoms. The Morgan fingerprint density at radius 1 is 0.960 bits per heavy atom. The smallest absolute Gasteiger partial charge is 0.338 e. The van der Waals surface area contributed by atoms with Crippen molar-refractivity contribution in [1.82, 2.24) is 0 Å². The van der Waals surface area contributed by atoms with Gasteiger partial charge in [-0.3, -0.25) is 4.79 Å². The number of anilines is 1. The van der Waals surface area contributed by atoms with E-state index in [4.69, 9.17) is 4.74 Å². The molecule has 132 valence electrons. The lowest BCUT2D eigenvalue weighted by Crippen LogP contribution is -2.22. The fraction of sp³-hybridized carbons (Fsp3) is 0.333. The monoisotopic (exact) mass is 339 g/mol. The first kappa shape index (κ1) is 18.7. The molecule has 1 amide bonds. The van der Waals surface area contributed by atoms with Gasteiger partial charge in [0, 0.05) is 5.69 Å². The van der Waals surface area contributed by atoms with Gasteiger partial charge in [0.05, 0.1) is 5.56 Å². The molecule has 0 radical (unpaired) electrons. The number of aryl methyl sites for hydroxylation is 4. The predicted octanol–water partition coefficient (Wildman–Crippen LogP) is 4.22. The summed E-state index contributed by atoms with van der Waals surface area (Å²) >= 11 is 0. The van der Waals surface area contributed by atoms with Gasteiger partial charge in [-0.15, -0.1) is 0 Å². The van der Waals surface area contributed by atoms with E-state index in [0.29, 0.717) is 5.56 Å². The third-order valence-electron chi connectivity index (χ3n) is 4.06. The molecule has 0 heterocycles. The van der Waals surface area contributed by atoms with E-state index < -0.39 is 5.97 Å². The highest BCUT2D eigenvalue weighted by Gasteiger charge is 2.14. The van der Waals surface area contributed by atoms with Crippen LogP contribution in [0.3, 0.4) is 0 Å². The number of hydrogen-bond donors (Lipinski definition) is 1. The van der Waals surface area contributed by atoms with Crippen molar-refractivity contribution >= 4 is 17.6 Å². The Morgan fingerprint density at radius 3 is 2.04 bits per heavy atom. The van der Waals surface area contributed by atoms with Crippen molar-refractivity contribution in [2.75, 3.05) is 11.9 Å². The van der Waals surface area contributed by atoms with Crippen molar-refractivity contribution in [3.63, 3.8) is 0 Å². The Morgan fingerprint density at radius 2 is 1.52 bits per heavy atom. The summed E-state index contributed by atoms with van der Waals surface area (Å²) in [4.78, 5) is 24.4. The normalized spacial score (nSPS) is 10.4. The number of amides is 1. The lowest BCUT2D eigenvalue weighted by atomic mass is 10.0. The predicted molar refractivity (Wildman–Crippen MR) is 100 cm³/mol. The van der Waals surface area contributed by atoms with E-state index in [-0.39, 0.29) is 12.5 Å². The maximum atomic E-state index is 12.2. The summed E-state index contributed by atoms with van der Waals surface area (Å²) in [5.74, 6) is -0.810. The lowest BCUT2D eigenvalue weighted by molar-refractivity contribution is -0.119. The van der Waals surface area contributed by atoms with Crippen molar-refractivity contribution < 1.29 is 14.3 Å². The van der Waals surface area contributed by atoms with Crippen molar-refractivity contribution in [3.05, 3.63) is 64.2 Å². The average Bonchev–Trinajstić information content (AvgIpc) is 2.58. The Kier molecular flexibility index (Phi) is 6.34. The molecule has 0 aliphatic heterocycles. The van der Waals surface area contributed by atoms with Crippen molar-refractivity contribution in [3.8, 4) is 0 Å². The molecule has 0 unspecified atom stereocenters. The van der Waals surface area contributed by atoms with Gasteiger partial charge in [-0.2, -0.15) is 0 Å². The highest BCUT2D eigenvalue weighted by Crippen LogP contribution is 2.22. The van der Waals surface area contributed by atoms with Crippen molar-refractivity contribution in [2.24, 2.45) is 0 Å². The van der Waals surface area contributed by atoms with Crippen LogP contribution in [0, 0.1) is 13.8 Å². The fourth-order valence-corrected chi connectivity index (χ4v) is 2.89. The molecule has 2 aromatic rings. The minimum absolute atomic E-state index is 0.299. The molecule has 25 heavy (non-hydrogen) atoms. The first-order valence-corrected chi connectivity index (χ1v) is 8.60. The molecule has 4 heteroatoms. The molecular formula is C21H25NO3. The second kappa shape index (κ2) is 8.47. The molecule has 2 aromatic carbocycles. The number of hydrogen-bond acceptors (Lipinski definition) is 3. The Bertz CT molecular complexity index is 738. The van der Waals surface area contributed by atoms with E-state index in [1.165, 1.54) is 0 Å². The van der Waals surface area contributed by atoms with Gasteiger partial charge in [0.1, 0.15) is 0 Å². The first-order chi connectivity index (χ1) is 11.9. The molecule has 0 fully saturated rings. The molecule has 0 aromatic heterocycles. The molecule has 0 aliphatic rings. The minimum Gasteiger partial charge on any atom is -0.452 e. The molecule has 0 saturated carbocycles. The highest BCUT2D eigenvalue weighted by atomic mass is 16.5. The van der Waals surface area contributed by atoms with Gasteiger partial charge in [0.2, 0.25) is 0 Å². The Hall–Kier alpha value is -2.62. The topological polar surface area (TPSA) is 55.4 Å². The molecule has 0 spiro atoms. The number of carbonyl (C=O) groups is 2. The third kappa shape index (κ3) is 4.92. The van der Waals surface area contributed by atoms with Crippen LogP contribution in [0.25, 0.3) is 0 Å². The zero-order chi connectivity index (χ0) is 18.4.